The molecule has 2 aromatic heterocycles. The van der Waals surface area contributed by atoms with Crippen LogP contribution in [0.15, 0.2) is 41.1 Å². The molecule has 4 nitrogen and oxygen atoms in total. The molecule has 0 fully saturated rings. The van der Waals surface area contributed by atoms with Crippen LogP contribution in [-0.2, 0) is 22.9 Å². The zero-order chi connectivity index (χ0) is 18.9. The quantitative estimate of drug-likeness (QED) is 0.564. The van der Waals surface area contributed by atoms with E-state index in [-0.39, 0.29) is 12.2 Å². The van der Waals surface area contributed by atoms with Crippen molar-refractivity contribution in [2.45, 2.75) is 37.4 Å². The molecule has 1 N–H and O–H groups in total. The van der Waals surface area contributed by atoms with Gasteiger partial charge in [-0.3, -0.25) is 4.98 Å². The summed E-state index contributed by atoms with van der Waals surface area (Å²) in [4.78, 5) is 4.11. The van der Waals surface area contributed by atoms with Gasteiger partial charge < -0.3 is 4.42 Å². The molecule has 138 valence electrons. The van der Waals surface area contributed by atoms with Gasteiger partial charge in [0.2, 0.25) is 0 Å². The Kier molecular flexibility index (Phi) is 5.60. The van der Waals surface area contributed by atoms with Gasteiger partial charge in [-0.2, -0.15) is 0 Å². The molecule has 0 amide bonds. The molecule has 0 spiro atoms. The van der Waals surface area contributed by atoms with Crippen molar-refractivity contribution in [1.82, 2.24) is 9.71 Å². The molecule has 26 heavy (non-hydrogen) atoms. The summed E-state index contributed by atoms with van der Waals surface area (Å²) in [6, 6.07) is 7.23. The average Bonchev–Trinajstić information content (AvgIpc) is 3.02. The highest BCUT2D eigenvalue weighted by molar-refractivity contribution is 9.08. The Labute approximate surface area is 162 Å². The number of halogens is 2. The van der Waals surface area contributed by atoms with E-state index in [9.17, 15) is 8.60 Å². The fourth-order valence-electron chi connectivity index (χ4n) is 2.54. The first-order valence-corrected chi connectivity index (χ1v) is 10.4. The van der Waals surface area contributed by atoms with Crippen molar-refractivity contribution in [3.05, 3.63) is 53.8 Å². The number of fused-ring (bicyclic) bond motifs is 1. The molecule has 1 atom stereocenters. The number of nitrogens with zero attached hydrogens (tertiary/aromatic N) is 1. The molecule has 0 bridgehead atoms. The van der Waals surface area contributed by atoms with E-state index in [1.807, 2.05) is 39.0 Å². The number of aromatic nitrogens is 1. The van der Waals surface area contributed by atoms with Crippen molar-refractivity contribution in [1.29, 1.82) is 0 Å². The minimum atomic E-state index is -1.29. The maximum atomic E-state index is 15.0. The van der Waals surface area contributed by atoms with E-state index in [2.05, 4.69) is 25.6 Å². The highest BCUT2D eigenvalue weighted by Crippen LogP contribution is 2.30. The predicted octanol–water partition coefficient (Wildman–Crippen LogP) is 5.08. The topological polar surface area (TPSA) is 55.1 Å². The van der Waals surface area contributed by atoms with Crippen molar-refractivity contribution >= 4 is 37.9 Å². The lowest BCUT2D eigenvalue weighted by Gasteiger charge is -2.18. The lowest BCUT2D eigenvalue weighted by atomic mass is 10.0. The van der Waals surface area contributed by atoms with Crippen molar-refractivity contribution in [2.75, 3.05) is 0 Å². The number of benzene rings is 1. The summed E-state index contributed by atoms with van der Waals surface area (Å²) >= 11 is 3.43. The first-order valence-electron chi connectivity index (χ1n) is 8.16. The lowest BCUT2D eigenvalue weighted by molar-refractivity contribution is 0.593. The van der Waals surface area contributed by atoms with Gasteiger partial charge >= 0.3 is 0 Å². The van der Waals surface area contributed by atoms with Gasteiger partial charge in [0, 0.05) is 28.0 Å². The maximum Gasteiger partial charge on any atom is 0.153 e. The zero-order valence-corrected chi connectivity index (χ0v) is 17.2. The van der Waals surface area contributed by atoms with E-state index < -0.39 is 21.5 Å². The van der Waals surface area contributed by atoms with Crippen LogP contribution in [0.25, 0.3) is 22.1 Å². The molecule has 0 saturated carbocycles. The second-order valence-corrected chi connectivity index (χ2v) is 9.54. The van der Waals surface area contributed by atoms with E-state index in [4.69, 9.17) is 4.42 Å². The van der Waals surface area contributed by atoms with Gasteiger partial charge in [0.15, 0.2) is 5.82 Å². The summed E-state index contributed by atoms with van der Waals surface area (Å²) in [7, 11) is -1.29. The standard InChI is InChI=1S/C19H20BrFN2O2S/c1-19(2,3)26(24)23-10-16-18(21)14(6-7-22-16)12-4-5-17-15(8-12)13(9-20)11-25-17/h4-8,11,23H,9-10H2,1-3H3/t26-/m1/s1. The van der Waals surface area contributed by atoms with Gasteiger partial charge in [0.05, 0.1) is 34.2 Å². The van der Waals surface area contributed by atoms with Gasteiger partial charge in [-0.05, 0) is 44.5 Å². The number of alkyl halides is 1. The Morgan fingerprint density at radius 1 is 1.31 bits per heavy atom. The van der Waals surface area contributed by atoms with Crippen LogP contribution >= 0.6 is 15.9 Å². The molecule has 0 aliphatic heterocycles. The third-order valence-corrected chi connectivity index (χ3v) is 6.12. The van der Waals surface area contributed by atoms with Gasteiger partial charge in [0.25, 0.3) is 0 Å². The Morgan fingerprint density at radius 3 is 2.77 bits per heavy atom. The van der Waals surface area contributed by atoms with Crippen LogP contribution in [0, 0.1) is 5.82 Å². The minimum Gasteiger partial charge on any atom is -0.464 e. The summed E-state index contributed by atoms with van der Waals surface area (Å²) in [5, 5.41) is 1.61. The largest absolute Gasteiger partial charge is 0.464 e. The molecular formula is C19H20BrFN2O2S. The summed E-state index contributed by atoms with van der Waals surface area (Å²) in [6.45, 7) is 5.68. The van der Waals surface area contributed by atoms with Crippen LogP contribution in [0.2, 0.25) is 0 Å². The van der Waals surface area contributed by atoms with Crippen molar-refractivity contribution in [3.8, 4) is 11.1 Å². The van der Waals surface area contributed by atoms with Gasteiger partial charge in [-0.1, -0.05) is 22.0 Å². The van der Waals surface area contributed by atoms with Gasteiger partial charge in [-0.25, -0.2) is 13.3 Å². The van der Waals surface area contributed by atoms with Gasteiger partial charge in [0.1, 0.15) is 5.58 Å². The SMILES string of the molecule is CC(C)(C)[S@@](=O)NCc1nccc(-c2ccc3occ(CBr)c3c2)c1F. The molecule has 0 aliphatic carbocycles. The minimum absolute atomic E-state index is 0.101. The van der Waals surface area contributed by atoms with Crippen molar-refractivity contribution < 1.29 is 13.0 Å². The molecule has 0 aliphatic rings. The van der Waals surface area contributed by atoms with Crippen molar-refractivity contribution in [3.63, 3.8) is 0 Å². The first-order chi connectivity index (χ1) is 12.3. The Bertz CT molecular complexity index is 966. The number of furan rings is 1. The molecule has 0 unspecified atom stereocenters. The fraction of sp³-hybridized carbons (Fsp3) is 0.316. The number of pyridine rings is 1. The van der Waals surface area contributed by atoms with Crippen LogP contribution in [0.5, 0.6) is 0 Å². The molecule has 7 heteroatoms. The van der Waals surface area contributed by atoms with E-state index >= 15 is 0 Å². The third-order valence-electron chi connectivity index (χ3n) is 4.00. The normalized spacial score (nSPS) is 13.3. The molecule has 3 aromatic rings. The van der Waals surface area contributed by atoms with Gasteiger partial charge in [-0.15, -0.1) is 0 Å². The highest BCUT2D eigenvalue weighted by atomic mass is 79.9. The smallest absolute Gasteiger partial charge is 0.153 e. The molecule has 0 saturated heterocycles. The van der Waals surface area contributed by atoms with Crippen LogP contribution < -0.4 is 4.72 Å². The highest BCUT2D eigenvalue weighted by Gasteiger charge is 2.20. The van der Waals surface area contributed by atoms with Crippen LogP contribution in [0.1, 0.15) is 32.0 Å². The molecule has 3 rings (SSSR count). The van der Waals surface area contributed by atoms with Crippen LogP contribution in [0.3, 0.4) is 0 Å². The summed E-state index contributed by atoms with van der Waals surface area (Å²) in [5.41, 5.74) is 3.23. The van der Waals surface area contributed by atoms with E-state index in [1.54, 1.807) is 18.5 Å². The van der Waals surface area contributed by atoms with E-state index in [1.165, 1.54) is 0 Å². The lowest BCUT2D eigenvalue weighted by Crippen LogP contribution is -2.33. The Morgan fingerprint density at radius 2 is 2.08 bits per heavy atom. The Hall–Kier alpha value is -1.57. The third kappa shape index (κ3) is 3.89. The van der Waals surface area contributed by atoms with E-state index in [0.717, 1.165) is 22.1 Å². The maximum absolute atomic E-state index is 15.0. The van der Waals surface area contributed by atoms with Crippen LogP contribution in [-0.4, -0.2) is 13.9 Å². The second-order valence-electron chi connectivity index (χ2n) is 6.93. The monoisotopic (exact) mass is 438 g/mol. The zero-order valence-electron chi connectivity index (χ0n) is 14.8. The summed E-state index contributed by atoms with van der Waals surface area (Å²) < 4.78 is 35.0. The molecule has 0 radical (unpaired) electrons. The molecule has 2 heterocycles. The fourth-order valence-corrected chi connectivity index (χ4v) is 3.67. The second kappa shape index (κ2) is 7.58. The van der Waals surface area contributed by atoms with Crippen molar-refractivity contribution in [2.24, 2.45) is 0 Å². The summed E-state index contributed by atoms with van der Waals surface area (Å²) in [5.74, 6) is -0.408. The molecular weight excluding hydrogens is 419 g/mol. The molecule has 1 aromatic carbocycles. The number of hydrogen-bond donors (Lipinski definition) is 1. The number of nitrogens with one attached hydrogen (secondary N) is 1. The average molecular weight is 439 g/mol. The van der Waals surface area contributed by atoms with Crippen LogP contribution in [0.4, 0.5) is 4.39 Å². The summed E-state index contributed by atoms with van der Waals surface area (Å²) in [6.07, 6.45) is 3.27. The number of hydrogen-bond acceptors (Lipinski definition) is 3. The Balaban J connectivity index is 1.93. The van der Waals surface area contributed by atoms with E-state index in [0.29, 0.717) is 10.9 Å². The first kappa shape index (κ1) is 19.2. The number of rotatable bonds is 5. The predicted molar refractivity (Wildman–Crippen MR) is 107 cm³/mol.